The number of aromatic nitrogens is 2. The Bertz CT molecular complexity index is 2360. The molecule has 0 atom stereocenters. The van der Waals surface area contributed by atoms with Crippen LogP contribution >= 0.6 is 0 Å². The second-order valence-electron chi connectivity index (χ2n) is 9.88. The van der Waals surface area contributed by atoms with Crippen LogP contribution in [0.4, 0.5) is 0 Å². The van der Waals surface area contributed by atoms with Gasteiger partial charge in [0, 0.05) is 49.0 Å². The monoisotopic (exact) mass is 472 g/mol. The lowest BCUT2D eigenvalue weighted by Crippen LogP contribution is -1.93. The van der Waals surface area contributed by atoms with E-state index in [1.54, 1.807) is 0 Å². The van der Waals surface area contributed by atoms with Crippen molar-refractivity contribution in [1.29, 1.82) is 0 Å². The molecule has 1 N–H and O–H groups in total. The summed E-state index contributed by atoms with van der Waals surface area (Å²) in [5.41, 5.74) is 7.71. The summed E-state index contributed by atoms with van der Waals surface area (Å²) in [5.74, 6) is 0. The largest absolute Gasteiger partial charge is 0.456 e. The van der Waals surface area contributed by atoms with Crippen molar-refractivity contribution in [2.75, 3.05) is 0 Å². The highest BCUT2D eigenvalue weighted by atomic mass is 16.3. The Balaban J connectivity index is 1.41. The van der Waals surface area contributed by atoms with Crippen LogP contribution in [0.3, 0.4) is 0 Å². The highest BCUT2D eigenvalue weighted by Crippen LogP contribution is 2.41. The summed E-state index contributed by atoms with van der Waals surface area (Å²) in [4.78, 5) is 3.62. The van der Waals surface area contributed by atoms with Gasteiger partial charge in [0.1, 0.15) is 11.2 Å². The number of nitrogens with one attached hydrogen (secondary N) is 1. The minimum Gasteiger partial charge on any atom is -0.456 e. The number of fused-ring (bicyclic) bond motifs is 11. The highest BCUT2D eigenvalue weighted by molar-refractivity contribution is 6.28. The van der Waals surface area contributed by atoms with Crippen LogP contribution in [0.5, 0.6) is 0 Å². The van der Waals surface area contributed by atoms with Crippen molar-refractivity contribution >= 4 is 76.3 Å². The van der Waals surface area contributed by atoms with Gasteiger partial charge in [-0.1, -0.05) is 60.7 Å². The predicted molar refractivity (Wildman–Crippen MR) is 155 cm³/mol. The van der Waals surface area contributed by atoms with Gasteiger partial charge in [0.2, 0.25) is 0 Å². The van der Waals surface area contributed by atoms with Crippen LogP contribution in [0.2, 0.25) is 0 Å². The molecule has 0 aliphatic heterocycles. The average molecular weight is 473 g/mol. The van der Waals surface area contributed by atoms with E-state index in [0.717, 1.165) is 27.6 Å². The summed E-state index contributed by atoms with van der Waals surface area (Å²) in [6.07, 6.45) is 0. The summed E-state index contributed by atoms with van der Waals surface area (Å²) >= 11 is 0. The van der Waals surface area contributed by atoms with E-state index in [2.05, 4.69) is 125 Å². The molecule has 9 rings (SSSR count). The molecule has 0 aliphatic carbocycles. The van der Waals surface area contributed by atoms with Gasteiger partial charge in [-0.15, -0.1) is 0 Å². The number of furan rings is 1. The molecule has 6 aromatic carbocycles. The topological polar surface area (TPSA) is 33.9 Å². The standard InChI is InChI=1S/C34H20N2O/c1-2-8-21-18-32-25(17-20(21)7-1)26-19-22(13-16-31(26)37-32)36-29-12-6-4-10-24(29)34-30(36)15-14-28-33(34)23-9-3-5-11-27(23)35-28/h1-19,35H. The van der Waals surface area contributed by atoms with Crippen LogP contribution in [0, 0.1) is 0 Å². The van der Waals surface area contributed by atoms with Crippen molar-refractivity contribution < 1.29 is 4.42 Å². The van der Waals surface area contributed by atoms with Gasteiger partial charge in [0.05, 0.1) is 11.0 Å². The fourth-order valence-electron chi connectivity index (χ4n) is 6.27. The van der Waals surface area contributed by atoms with Crippen molar-refractivity contribution in [2.45, 2.75) is 0 Å². The average Bonchev–Trinajstić information content (AvgIpc) is 3.60. The lowest BCUT2D eigenvalue weighted by molar-refractivity contribution is 0.669. The normalized spacial score (nSPS) is 12.3. The molecule has 3 nitrogen and oxygen atoms in total. The maximum Gasteiger partial charge on any atom is 0.136 e. The van der Waals surface area contributed by atoms with Crippen molar-refractivity contribution in [2.24, 2.45) is 0 Å². The van der Waals surface area contributed by atoms with Gasteiger partial charge in [0.25, 0.3) is 0 Å². The number of nitrogens with zero attached hydrogens (tertiary/aromatic N) is 1. The van der Waals surface area contributed by atoms with Gasteiger partial charge >= 0.3 is 0 Å². The Kier molecular flexibility index (Phi) is 3.53. The van der Waals surface area contributed by atoms with Crippen molar-refractivity contribution in [1.82, 2.24) is 9.55 Å². The van der Waals surface area contributed by atoms with E-state index in [9.17, 15) is 0 Å². The summed E-state index contributed by atoms with van der Waals surface area (Å²) in [5, 5.41) is 9.79. The molecule has 3 heterocycles. The van der Waals surface area contributed by atoms with Crippen molar-refractivity contribution in [3.63, 3.8) is 0 Å². The zero-order chi connectivity index (χ0) is 24.1. The zero-order valence-electron chi connectivity index (χ0n) is 19.8. The number of benzene rings is 6. The number of hydrogen-bond acceptors (Lipinski definition) is 1. The van der Waals surface area contributed by atoms with Gasteiger partial charge in [-0.05, 0) is 65.4 Å². The summed E-state index contributed by atoms with van der Waals surface area (Å²) < 4.78 is 8.68. The molecule has 0 amide bonds. The molecule has 0 saturated heterocycles. The Morgan fingerprint density at radius 3 is 2.16 bits per heavy atom. The van der Waals surface area contributed by atoms with E-state index in [-0.39, 0.29) is 0 Å². The molecule has 0 bridgehead atoms. The highest BCUT2D eigenvalue weighted by Gasteiger charge is 2.18. The van der Waals surface area contributed by atoms with Gasteiger partial charge in [0.15, 0.2) is 0 Å². The minimum atomic E-state index is 0.911. The van der Waals surface area contributed by atoms with E-state index in [1.165, 1.54) is 54.4 Å². The van der Waals surface area contributed by atoms with E-state index in [0.29, 0.717) is 0 Å². The second kappa shape index (κ2) is 6.80. The maximum atomic E-state index is 6.29. The number of H-pyrrole nitrogens is 1. The molecule has 9 aromatic rings. The molecule has 3 heteroatoms. The second-order valence-corrected chi connectivity index (χ2v) is 9.88. The number of aromatic amines is 1. The molecule has 0 spiro atoms. The van der Waals surface area contributed by atoms with Gasteiger partial charge in [-0.25, -0.2) is 0 Å². The molecule has 0 saturated carbocycles. The summed E-state index contributed by atoms with van der Waals surface area (Å²) in [6, 6.07) is 41.2. The van der Waals surface area contributed by atoms with Crippen LogP contribution < -0.4 is 0 Å². The van der Waals surface area contributed by atoms with E-state index < -0.39 is 0 Å². The van der Waals surface area contributed by atoms with Crippen molar-refractivity contribution in [3.05, 3.63) is 115 Å². The minimum absolute atomic E-state index is 0.911. The maximum absolute atomic E-state index is 6.29. The molecule has 172 valence electrons. The Labute approximate surface area is 211 Å². The van der Waals surface area contributed by atoms with Crippen molar-refractivity contribution in [3.8, 4) is 5.69 Å². The number of para-hydroxylation sites is 2. The first kappa shape index (κ1) is 19.2. The first-order valence-electron chi connectivity index (χ1n) is 12.6. The Morgan fingerprint density at radius 2 is 1.24 bits per heavy atom. The smallest absolute Gasteiger partial charge is 0.136 e. The molecule has 0 radical (unpaired) electrons. The fraction of sp³-hybridized carbons (Fsp3) is 0. The zero-order valence-corrected chi connectivity index (χ0v) is 19.8. The quantitative estimate of drug-likeness (QED) is 0.254. The fourth-order valence-corrected chi connectivity index (χ4v) is 6.27. The molecule has 0 aliphatic rings. The molecule has 3 aromatic heterocycles. The Hall–Kier alpha value is -5.02. The first-order valence-corrected chi connectivity index (χ1v) is 12.6. The third-order valence-corrected chi connectivity index (χ3v) is 7.88. The third kappa shape index (κ3) is 2.50. The lowest BCUT2D eigenvalue weighted by atomic mass is 10.1. The van der Waals surface area contributed by atoms with Gasteiger partial charge in [-0.2, -0.15) is 0 Å². The molecule has 0 fully saturated rings. The van der Waals surface area contributed by atoms with E-state index in [4.69, 9.17) is 4.42 Å². The number of hydrogen-bond donors (Lipinski definition) is 1. The van der Waals surface area contributed by atoms with E-state index in [1.807, 2.05) is 0 Å². The van der Waals surface area contributed by atoms with Crippen LogP contribution in [-0.2, 0) is 0 Å². The molecule has 0 unspecified atom stereocenters. The summed E-state index contributed by atoms with van der Waals surface area (Å²) in [7, 11) is 0. The van der Waals surface area contributed by atoms with Gasteiger partial charge in [-0.3, -0.25) is 0 Å². The molecular formula is C34H20N2O. The SMILES string of the molecule is c1ccc2cc3c(cc2c1)oc1ccc(-n2c4ccccc4c4c5c(ccc42)[nH]c2ccccc25)cc13. The number of rotatable bonds is 1. The van der Waals surface area contributed by atoms with Crippen LogP contribution in [0.1, 0.15) is 0 Å². The lowest BCUT2D eigenvalue weighted by Gasteiger charge is -2.08. The van der Waals surface area contributed by atoms with Crippen LogP contribution in [0.25, 0.3) is 82.0 Å². The Morgan fingerprint density at radius 1 is 0.486 bits per heavy atom. The van der Waals surface area contributed by atoms with E-state index >= 15 is 0 Å². The predicted octanol–water partition coefficient (Wildman–Crippen LogP) is 9.47. The molecular weight excluding hydrogens is 452 g/mol. The van der Waals surface area contributed by atoms with Crippen LogP contribution in [-0.4, -0.2) is 9.55 Å². The summed E-state index contributed by atoms with van der Waals surface area (Å²) in [6.45, 7) is 0. The first-order chi connectivity index (χ1) is 18.3. The molecule has 37 heavy (non-hydrogen) atoms. The third-order valence-electron chi connectivity index (χ3n) is 7.88. The van der Waals surface area contributed by atoms with Gasteiger partial charge < -0.3 is 14.0 Å². The van der Waals surface area contributed by atoms with Crippen LogP contribution in [0.15, 0.2) is 120 Å².